The molecule has 126 valence electrons. The van der Waals surface area contributed by atoms with Gasteiger partial charge in [-0.3, -0.25) is 4.79 Å². The van der Waals surface area contributed by atoms with Crippen LogP contribution in [-0.4, -0.2) is 37.3 Å². The van der Waals surface area contributed by atoms with Gasteiger partial charge in [0.15, 0.2) is 0 Å². The third kappa shape index (κ3) is 4.87. The van der Waals surface area contributed by atoms with E-state index in [2.05, 4.69) is 10.6 Å². The first kappa shape index (κ1) is 17.1. The summed E-state index contributed by atoms with van der Waals surface area (Å²) in [5, 5.41) is 5.68. The van der Waals surface area contributed by atoms with Crippen LogP contribution in [0.25, 0.3) is 0 Å². The first-order valence-corrected chi connectivity index (χ1v) is 7.68. The molecule has 6 heteroatoms. The molecule has 2 N–H and O–H groups in total. The standard InChI is InChI=1S/C17H24N2O4/c1-17(2,3)23-16(21)19-14-9-15(20)18-10-13(14)11-5-7-12(22-4)8-6-11/h5-8,13-14H,9-10H2,1-4H3,(H,18,20)(H,19,21)/t13-,14+/m0/s1. The number of hydrogen-bond acceptors (Lipinski definition) is 4. The molecule has 0 saturated carbocycles. The molecule has 0 unspecified atom stereocenters. The molecule has 1 fully saturated rings. The highest BCUT2D eigenvalue weighted by Gasteiger charge is 2.32. The summed E-state index contributed by atoms with van der Waals surface area (Å²) in [5.41, 5.74) is 0.461. The average molecular weight is 320 g/mol. The second-order valence-electron chi connectivity index (χ2n) is 6.64. The van der Waals surface area contributed by atoms with Gasteiger partial charge in [-0.2, -0.15) is 0 Å². The maximum Gasteiger partial charge on any atom is 0.407 e. The van der Waals surface area contributed by atoms with Crippen molar-refractivity contribution in [1.82, 2.24) is 10.6 Å². The molecule has 0 radical (unpaired) electrons. The second-order valence-corrected chi connectivity index (χ2v) is 6.64. The van der Waals surface area contributed by atoms with Crippen LogP contribution in [0.5, 0.6) is 5.75 Å². The van der Waals surface area contributed by atoms with Crippen molar-refractivity contribution in [1.29, 1.82) is 0 Å². The predicted molar refractivity (Wildman–Crippen MR) is 86.5 cm³/mol. The third-order valence-corrected chi connectivity index (χ3v) is 3.66. The van der Waals surface area contributed by atoms with Crippen LogP contribution in [0.2, 0.25) is 0 Å². The molecule has 1 aliphatic heterocycles. The lowest BCUT2D eigenvalue weighted by Crippen LogP contribution is -2.51. The van der Waals surface area contributed by atoms with E-state index < -0.39 is 11.7 Å². The molecule has 23 heavy (non-hydrogen) atoms. The molecule has 1 heterocycles. The van der Waals surface area contributed by atoms with Gasteiger partial charge >= 0.3 is 6.09 Å². The number of hydrogen-bond donors (Lipinski definition) is 2. The summed E-state index contributed by atoms with van der Waals surface area (Å²) < 4.78 is 10.5. The summed E-state index contributed by atoms with van der Waals surface area (Å²) in [7, 11) is 1.61. The molecule has 0 aliphatic carbocycles. The van der Waals surface area contributed by atoms with Gasteiger partial charge in [0, 0.05) is 24.9 Å². The van der Waals surface area contributed by atoms with Crippen molar-refractivity contribution in [2.45, 2.75) is 44.8 Å². The SMILES string of the molecule is COc1ccc([C@@H]2CNC(=O)C[C@H]2NC(=O)OC(C)(C)C)cc1. The van der Waals surface area contributed by atoms with Gasteiger partial charge in [0.1, 0.15) is 11.4 Å². The number of ether oxygens (including phenoxy) is 2. The molecular weight excluding hydrogens is 296 g/mol. The maximum atomic E-state index is 12.0. The largest absolute Gasteiger partial charge is 0.497 e. The van der Waals surface area contributed by atoms with E-state index >= 15 is 0 Å². The highest BCUT2D eigenvalue weighted by atomic mass is 16.6. The zero-order chi connectivity index (χ0) is 17.0. The monoisotopic (exact) mass is 320 g/mol. The Bertz CT molecular complexity index is 563. The third-order valence-electron chi connectivity index (χ3n) is 3.66. The van der Waals surface area contributed by atoms with E-state index in [0.717, 1.165) is 11.3 Å². The number of methoxy groups -OCH3 is 1. The fraction of sp³-hybridized carbons (Fsp3) is 0.529. The molecule has 2 amide bonds. The van der Waals surface area contributed by atoms with Crippen molar-refractivity contribution in [3.8, 4) is 5.75 Å². The quantitative estimate of drug-likeness (QED) is 0.895. The summed E-state index contributed by atoms with van der Waals surface area (Å²) >= 11 is 0. The average Bonchev–Trinajstić information content (AvgIpc) is 2.45. The van der Waals surface area contributed by atoms with Crippen LogP contribution in [-0.2, 0) is 9.53 Å². The van der Waals surface area contributed by atoms with E-state index in [0.29, 0.717) is 6.54 Å². The number of alkyl carbamates (subject to hydrolysis) is 1. The van der Waals surface area contributed by atoms with Gasteiger partial charge in [-0.25, -0.2) is 4.79 Å². The fourth-order valence-electron chi connectivity index (χ4n) is 2.59. The summed E-state index contributed by atoms with van der Waals surface area (Å²) in [6, 6.07) is 7.34. The molecule has 2 rings (SSSR count). The minimum atomic E-state index is -0.573. The molecule has 0 aromatic heterocycles. The fourth-order valence-corrected chi connectivity index (χ4v) is 2.59. The van der Waals surface area contributed by atoms with Gasteiger partial charge in [-0.15, -0.1) is 0 Å². The van der Waals surface area contributed by atoms with Crippen molar-refractivity contribution in [2.24, 2.45) is 0 Å². The first-order valence-electron chi connectivity index (χ1n) is 7.68. The van der Waals surface area contributed by atoms with Crippen molar-refractivity contribution in [2.75, 3.05) is 13.7 Å². The van der Waals surface area contributed by atoms with Gasteiger partial charge in [0.05, 0.1) is 7.11 Å². The van der Waals surface area contributed by atoms with E-state index in [9.17, 15) is 9.59 Å². The number of piperidine rings is 1. The lowest BCUT2D eigenvalue weighted by molar-refractivity contribution is -0.123. The lowest BCUT2D eigenvalue weighted by Gasteiger charge is -2.33. The molecule has 0 bridgehead atoms. The molecule has 1 saturated heterocycles. The number of carbonyl (C=O) groups excluding carboxylic acids is 2. The Morgan fingerprint density at radius 2 is 1.91 bits per heavy atom. The van der Waals surface area contributed by atoms with Crippen molar-refractivity contribution in [3.63, 3.8) is 0 Å². The summed E-state index contributed by atoms with van der Waals surface area (Å²) in [5.74, 6) is 0.687. The normalized spacial score (nSPS) is 21.3. The minimum absolute atomic E-state index is 0.00822. The van der Waals surface area contributed by atoms with E-state index in [4.69, 9.17) is 9.47 Å². The zero-order valence-electron chi connectivity index (χ0n) is 14.0. The number of carbonyl (C=O) groups is 2. The van der Waals surface area contributed by atoms with Gasteiger partial charge in [-0.1, -0.05) is 12.1 Å². The molecule has 6 nitrogen and oxygen atoms in total. The molecule has 1 aliphatic rings. The molecular formula is C17H24N2O4. The van der Waals surface area contributed by atoms with E-state index in [1.165, 1.54) is 0 Å². The molecule has 1 aromatic rings. The number of nitrogens with one attached hydrogen (secondary N) is 2. The van der Waals surface area contributed by atoms with Crippen LogP contribution >= 0.6 is 0 Å². The molecule has 2 atom stereocenters. The zero-order valence-corrected chi connectivity index (χ0v) is 14.0. The van der Waals surface area contributed by atoms with Crippen LogP contribution in [0.1, 0.15) is 38.7 Å². The Morgan fingerprint density at radius 3 is 2.48 bits per heavy atom. The number of benzene rings is 1. The second kappa shape index (κ2) is 6.89. The van der Waals surface area contributed by atoms with Crippen LogP contribution in [0, 0.1) is 0 Å². The van der Waals surface area contributed by atoms with Crippen molar-refractivity contribution >= 4 is 12.0 Å². The van der Waals surface area contributed by atoms with Gasteiger partial charge < -0.3 is 20.1 Å². The Balaban J connectivity index is 2.12. The first-order chi connectivity index (χ1) is 10.8. The number of rotatable bonds is 3. The van der Waals surface area contributed by atoms with Gasteiger partial charge in [-0.05, 0) is 38.5 Å². The molecule has 0 spiro atoms. The highest BCUT2D eigenvalue weighted by Crippen LogP contribution is 2.26. The van der Waals surface area contributed by atoms with Crippen LogP contribution < -0.4 is 15.4 Å². The van der Waals surface area contributed by atoms with E-state index in [1.54, 1.807) is 27.9 Å². The van der Waals surface area contributed by atoms with Crippen molar-refractivity contribution < 1.29 is 19.1 Å². The van der Waals surface area contributed by atoms with E-state index in [-0.39, 0.29) is 24.3 Å². The Labute approximate surface area is 136 Å². The summed E-state index contributed by atoms with van der Waals surface area (Å²) in [6.07, 6.45) is -0.272. The van der Waals surface area contributed by atoms with Gasteiger partial charge in [0.25, 0.3) is 0 Å². The Kier molecular flexibility index (Phi) is 5.13. The highest BCUT2D eigenvalue weighted by molar-refractivity contribution is 5.79. The van der Waals surface area contributed by atoms with Crippen LogP contribution in [0.4, 0.5) is 4.79 Å². The minimum Gasteiger partial charge on any atom is -0.497 e. The Hall–Kier alpha value is -2.24. The summed E-state index contributed by atoms with van der Waals surface area (Å²) in [4.78, 5) is 23.7. The van der Waals surface area contributed by atoms with E-state index in [1.807, 2.05) is 24.3 Å². The van der Waals surface area contributed by atoms with Crippen LogP contribution in [0.15, 0.2) is 24.3 Å². The smallest absolute Gasteiger partial charge is 0.407 e. The maximum absolute atomic E-state index is 12.0. The number of amides is 2. The van der Waals surface area contributed by atoms with Crippen LogP contribution in [0.3, 0.4) is 0 Å². The lowest BCUT2D eigenvalue weighted by atomic mass is 9.86. The Morgan fingerprint density at radius 1 is 1.26 bits per heavy atom. The predicted octanol–water partition coefficient (Wildman–Crippen LogP) is 2.19. The summed E-state index contributed by atoms with van der Waals surface area (Å²) in [6.45, 7) is 5.90. The van der Waals surface area contributed by atoms with Gasteiger partial charge in [0.2, 0.25) is 5.91 Å². The topological polar surface area (TPSA) is 76.7 Å². The molecule has 1 aromatic carbocycles. The van der Waals surface area contributed by atoms with Crippen molar-refractivity contribution in [3.05, 3.63) is 29.8 Å².